The minimum absolute atomic E-state index is 0.0468. The summed E-state index contributed by atoms with van der Waals surface area (Å²) < 4.78 is 6.19. The first kappa shape index (κ1) is 20.2. The number of hydrogen-bond acceptors (Lipinski definition) is 3. The fourth-order valence-electron chi connectivity index (χ4n) is 8.06. The van der Waals surface area contributed by atoms with Crippen molar-refractivity contribution in [2.45, 2.75) is 91.8 Å². The zero-order valence-corrected chi connectivity index (χ0v) is 18.4. The van der Waals surface area contributed by atoms with E-state index < -0.39 is 0 Å². The van der Waals surface area contributed by atoms with Crippen molar-refractivity contribution in [1.29, 1.82) is 0 Å². The molecule has 0 unspecified atom stereocenters. The lowest BCUT2D eigenvalue weighted by molar-refractivity contribution is -0.201. The van der Waals surface area contributed by atoms with E-state index in [0.717, 1.165) is 37.7 Å². The van der Waals surface area contributed by atoms with Gasteiger partial charge in [0.2, 0.25) is 0 Å². The summed E-state index contributed by atoms with van der Waals surface area (Å²) in [6.07, 6.45) is 9.19. The summed E-state index contributed by atoms with van der Waals surface area (Å²) in [5.74, 6) is 1.39. The van der Waals surface area contributed by atoms with Crippen molar-refractivity contribution in [2.24, 2.45) is 34.0 Å². The first-order chi connectivity index (χ1) is 13.1. The molecule has 0 heterocycles. The average Bonchev–Trinajstić information content (AvgIpc) is 2.84. The Balaban J connectivity index is 1.72. The van der Waals surface area contributed by atoms with Crippen molar-refractivity contribution in [3.8, 4) is 0 Å². The molecule has 7 atom stereocenters. The molecule has 156 valence electrons. The van der Waals surface area contributed by atoms with Gasteiger partial charge in [-0.25, -0.2) is 4.79 Å². The molecule has 4 aliphatic rings. The van der Waals surface area contributed by atoms with Gasteiger partial charge >= 0.3 is 5.97 Å². The Hall–Kier alpha value is -1.09. The maximum Gasteiger partial charge on any atom is 0.333 e. The molecule has 0 amide bonds. The van der Waals surface area contributed by atoms with Crippen LogP contribution in [0.5, 0.6) is 0 Å². The standard InChI is InChI=1S/C25H38O3/c1-7-15(2)22(27)28-21-16(3)17-8-9-19-24(6)12-11-20(26)23(4,5)18(24)10-13-25(19,21)14-17/h7,17-21,26H,3,8-14H2,1-2,4-6H3/b15-7+/t17-,18+,19+,20+,21-,24+,25+/m1/s1. The molecular formula is C25H38O3. The van der Waals surface area contributed by atoms with Crippen LogP contribution in [0.4, 0.5) is 0 Å². The molecule has 4 fully saturated rings. The van der Waals surface area contributed by atoms with Crippen LogP contribution in [0.25, 0.3) is 0 Å². The molecule has 0 aliphatic heterocycles. The zero-order chi connectivity index (χ0) is 20.5. The van der Waals surface area contributed by atoms with E-state index in [4.69, 9.17) is 4.74 Å². The number of carbonyl (C=O) groups excluding carboxylic acids is 1. The van der Waals surface area contributed by atoms with Gasteiger partial charge in [0.25, 0.3) is 0 Å². The lowest BCUT2D eigenvalue weighted by Gasteiger charge is -2.65. The summed E-state index contributed by atoms with van der Waals surface area (Å²) in [5, 5.41) is 10.7. The van der Waals surface area contributed by atoms with E-state index in [1.54, 1.807) is 0 Å². The number of ether oxygens (including phenoxy) is 1. The Labute approximate surface area is 170 Å². The van der Waals surface area contributed by atoms with Gasteiger partial charge in [0, 0.05) is 11.0 Å². The highest BCUT2D eigenvalue weighted by molar-refractivity contribution is 5.88. The summed E-state index contributed by atoms with van der Waals surface area (Å²) >= 11 is 0. The van der Waals surface area contributed by atoms with Gasteiger partial charge in [-0.1, -0.05) is 33.4 Å². The molecule has 4 aliphatic carbocycles. The normalized spacial score (nSPS) is 47.3. The van der Waals surface area contributed by atoms with Crippen molar-refractivity contribution in [3.63, 3.8) is 0 Å². The van der Waals surface area contributed by atoms with Crippen LogP contribution < -0.4 is 0 Å². The SMILES string of the molecule is C=C1[C@@H]2CC[C@H]3[C@@]4(C)CC[C@H](O)C(C)(C)[C@@H]4CC[C@@]3(C2)[C@@H]1OC(=O)/C(C)=C/C. The predicted molar refractivity (Wildman–Crippen MR) is 112 cm³/mol. The second kappa shape index (κ2) is 6.45. The molecule has 28 heavy (non-hydrogen) atoms. The second-order valence-corrected chi connectivity index (χ2v) is 11.1. The van der Waals surface area contributed by atoms with Crippen molar-refractivity contribution < 1.29 is 14.6 Å². The highest BCUT2D eigenvalue weighted by Gasteiger charge is 2.68. The van der Waals surface area contributed by atoms with E-state index in [-0.39, 0.29) is 34.4 Å². The summed E-state index contributed by atoms with van der Waals surface area (Å²) in [6, 6.07) is 0. The Morgan fingerprint density at radius 1 is 1.14 bits per heavy atom. The number of carbonyl (C=O) groups is 1. The zero-order valence-electron chi connectivity index (χ0n) is 18.4. The molecule has 4 saturated carbocycles. The number of allylic oxidation sites excluding steroid dienone is 1. The Kier molecular flexibility index (Phi) is 4.65. The van der Waals surface area contributed by atoms with Crippen LogP contribution in [0.15, 0.2) is 23.8 Å². The average molecular weight is 387 g/mol. The molecule has 3 heteroatoms. The van der Waals surface area contributed by atoms with Crippen molar-refractivity contribution in [2.75, 3.05) is 0 Å². The van der Waals surface area contributed by atoms with Gasteiger partial charge in [0.05, 0.1) is 6.10 Å². The monoisotopic (exact) mass is 386 g/mol. The fraction of sp³-hybridized carbons (Fsp3) is 0.800. The molecule has 2 bridgehead atoms. The quantitative estimate of drug-likeness (QED) is 0.391. The van der Waals surface area contributed by atoms with Crippen LogP contribution in [-0.2, 0) is 9.53 Å². The first-order valence-electron chi connectivity index (χ1n) is 11.3. The van der Waals surface area contributed by atoms with Gasteiger partial charge in [-0.05, 0) is 93.0 Å². The number of aliphatic hydroxyl groups excluding tert-OH is 1. The first-order valence-corrected chi connectivity index (χ1v) is 11.3. The minimum Gasteiger partial charge on any atom is -0.454 e. The fourth-order valence-corrected chi connectivity index (χ4v) is 8.06. The van der Waals surface area contributed by atoms with E-state index in [1.165, 1.54) is 12.8 Å². The number of aliphatic hydroxyl groups is 1. The van der Waals surface area contributed by atoms with Gasteiger partial charge in [0.1, 0.15) is 6.10 Å². The molecular weight excluding hydrogens is 348 g/mol. The third-order valence-electron chi connectivity index (χ3n) is 9.69. The molecule has 0 radical (unpaired) electrons. The number of fused-ring (bicyclic) bond motifs is 3. The van der Waals surface area contributed by atoms with Crippen LogP contribution in [0, 0.1) is 34.0 Å². The number of esters is 1. The molecule has 0 aromatic carbocycles. The maximum atomic E-state index is 12.7. The molecule has 1 spiro atoms. The largest absolute Gasteiger partial charge is 0.454 e. The van der Waals surface area contributed by atoms with Crippen LogP contribution in [0.1, 0.15) is 79.6 Å². The van der Waals surface area contributed by atoms with Crippen molar-refractivity contribution in [3.05, 3.63) is 23.8 Å². The Morgan fingerprint density at radius 3 is 2.54 bits per heavy atom. The van der Waals surface area contributed by atoms with Crippen molar-refractivity contribution in [1.82, 2.24) is 0 Å². The topological polar surface area (TPSA) is 46.5 Å². The molecule has 0 aromatic heterocycles. The van der Waals surface area contributed by atoms with Crippen molar-refractivity contribution >= 4 is 5.97 Å². The van der Waals surface area contributed by atoms with E-state index in [2.05, 4.69) is 27.4 Å². The van der Waals surface area contributed by atoms with E-state index in [9.17, 15) is 9.90 Å². The molecule has 3 nitrogen and oxygen atoms in total. The third-order valence-corrected chi connectivity index (χ3v) is 9.69. The maximum absolute atomic E-state index is 12.7. The summed E-state index contributed by atoms with van der Waals surface area (Å²) in [4.78, 5) is 12.7. The molecule has 0 aromatic rings. The smallest absolute Gasteiger partial charge is 0.333 e. The highest BCUT2D eigenvalue weighted by atomic mass is 16.5. The van der Waals surface area contributed by atoms with Crippen LogP contribution in [-0.4, -0.2) is 23.3 Å². The number of hydrogen-bond donors (Lipinski definition) is 1. The van der Waals surface area contributed by atoms with E-state index in [0.29, 0.717) is 23.3 Å². The Bertz CT molecular complexity index is 719. The molecule has 4 rings (SSSR count). The Morgan fingerprint density at radius 2 is 1.86 bits per heavy atom. The summed E-state index contributed by atoms with van der Waals surface area (Å²) in [7, 11) is 0. The van der Waals surface area contributed by atoms with Gasteiger partial charge < -0.3 is 9.84 Å². The van der Waals surface area contributed by atoms with Crippen LogP contribution in [0.3, 0.4) is 0 Å². The van der Waals surface area contributed by atoms with E-state index in [1.807, 2.05) is 19.9 Å². The minimum atomic E-state index is -0.208. The van der Waals surface area contributed by atoms with Gasteiger partial charge in [-0.15, -0.1) is 0 Å². The molecule has 1 N–H and O–H groups in total. The highest BCUT2D eigenvalue weighted by Crippen LogP contribution is 2.72. The summed E-state index contributed by atoms with van der Waals surface area (Å²) in [5.41, 5.74) is 2.06. The van der Waals surface area contributed by atoms with Crippen LogP contribution in [0.2, 0.25) is 0 Å². The summed E-state index contributed by atoms with van der Waals surface area (Å²) in [6.45, 7) is 15.2. The van der Waals surface area contributed by atoms with E-state index >= 15 is 0 Å². The lowest BCUT2D eigenvalue weighted by atomic mass is 9.40. The second-order valence-electron chi connectivity index (χ2n) is 11.1. The van der Waals surface area contributed by atoms with Gasteiger partial charge in [-0.2, -0.15) is 0 Å². The van der Waals surface area contributed by atoms with Gasteiger partial charge in [0.15, 0.2) is 0 Å². The molecule has 0 saturated heterocycles. The van der Waals surface area contributed by atoms with Gasteiger partial charge in [-0.3, -0.25) is 0 Å². The lowest BCUT2D eigenvalue weighted by Crippen LogP contribution is -2.61. The predicted octanol–water partition coefficient (Wildman–Crippen LogP) is 5.43. The van der Waals surface area contributed by atoms with Crippen LogP contribution >= 0.6 is 0 Å². The number of rotatable bonds is 2. The third kappa shape index (κ3) is 2.54.